The average Bonchev–Trinajstić information content (AvgIpc) is 2.71. The molecular weight excluding hydrogens is 228 g/mol. The van der Waals surface area contributed by atoms with Gasteiger partial charge in [0.15, 0.2) is 0 Å². The highest BCUT2D eigenvalue weighted by molar-refractivity contribution is 5.82. The van der Waals surface area contributed by atoms with Crippen molar-refractivity contribution < 1.29 is 24.0 Å². The van der Waals surface area contributed by atoms with Crippen LogP contribution >= 0.6 is 0 Å². The number of carboxylic acid groups (broad SMARTS) is 1. The number of carbonyl (C=O) groups is 2. The zero-order valence-corrected chi connectivity index (χ0v) is 9.01. The van der Waals surface area contributed by atoms with Gasteiger partial charge in [0, 0.05) is 12.5 Å². The summed E-state index contributed by atoms with van der Waals surface area (Å²) in [4.78, 5) is 21.4. The van der Waals surface area contributed by atoms with Crippen LogP contribution < -0.4 is 5.32 Å². The van der Waals surface area contributed by atoms with E-state index in [0.717, 1.165) is 0 Å². The number of carboxylic acids is 1. The maximum absolute atomic E-state index is 11.1. The Hall–Kier alpha value is -2.31. The van der Waals surface area contributed by atoms with Crippen LogP contribution in [-0.4, -0.2) is 28.9 Å². The first-order chi connectivity index (χ1) is 8.11. The topological polar surface area (TPSA) is 102 Å². The lowest BCUT2D eigenvalue weighted by molar-refractivity contribution is -0.136. The van der Waals surface area contributed by atoms with E-state index in [1.807, 2.05) is 0 Å². The van der Waals surface area contributed by atoms with Gasteiger partial charge < -0.3 is 14.4 Å². The van der Waals surface area contributed by atoms with E-state index in [4.69, 9.17) is 9.63 Å². The number of amides is 1. The fourth-order valence-electron chi connectivity index (χ4n) is 0.995. The molecule has 0 bridgehead atoms. The summed E-state index contributed by atoms with van der Waals surface area (Å²) in [5.41, 5.74) is 0.450. The SMILES string of the molecule is C=CCOC(=O)Nc1cc(CCC(=O)O)no1. The standard InChI is InChI=1S/C10H12N2O5/c1-2-5-16-10(15)11-8-6-7(12-17-8)3-4-9(13)14/h2,6H,1,3-5H2,(H,11,15)(H,13,14). The predicted molar refractivity (Wildman–Crippen MR) is 57.6 cm³/mol. The highest BCUT2D eigenvalue weighted by Crippen LogP contribution is 2.11. The van der Waals surface area contributed by atoms with Crippen molar-refractivity contribution in [2.45, 2.75) is 12.8 Å². The van der Waals surface area contributed by atoms with Crippen LogP contribution in [0, 0.1) is 0 Å². The first kappa shape index (κ1) is 12.8. The molecule has 0 aliphatic carbocycles. The van der Waals surface area contributed by atoms with E-state index >= 15 is 0 Å². The van der Waals surface area contributed by atoms with Gasteiger partial charge in [0.2, 0.25) is 5.88 Å². The third-order valence-corrected chi connectivity index (χ3v) is 1.71. The van der Waals surface area contributed by atoms with Crippen molar-refractivity contribution >= 4 is 17.9 Å². The number of aromatic nitrogens is 1. The van der Waals surface area contributed by atoms with Crippen molar-refractivity contribution in [3.05, 3.63) is 24.4 Å². The smallest absolute Gasteiger partial charge is 0.414 e. The molecule has 0 spiro atoms. The molecule has 1 amide bonds. The van der Waals surface area contributed by atoms with Crippen LogP contribution in [0.5, 0.6) is 0 Å². The fourth-order valence-corrected chi connectivity index (χ4v) is 0.995. The van der Waals surface area contributed by atoms with Gasteiger partial charge in [-0.25, -0.2) is 4.79 Å². The Morgan fingerprint density at radius 2 is 2.41 bits per heavy atom. The van der Waals surface area contributed by atoms with E-state index < -0.39 is 12.1 Å². The number of carbonyl (C=O) groups excluding carboxylic acids is 1. The van der Waals surface area contributed by atoms with E-state index in [1.54, 1.807) is 0 Å². The molecule has 0 atom stereocenters. The van der Waals surface area contributed by atoms with Gasteiger partial charge in [-0.1, -0.05) is 17.8 Å². The highest BCUT2D eigenvalue weighted by atomic mass is 16.6. The molecule has 1 heterocycles. The maximum atomic E-state index is 11.1. The number of rotatable bonds is 6. The zero-order valence-electron chi connectivity index (χ0n) is 9.01. The number of hydrogen-bond donors (Lipinski definition) is 2. The number of nitrogens with zero attached hydrogens (tertiary/aromatic N) is 1. The van der Waals surface area contributed by atoms with Crippen LogP contribution in [0.1, 0.15) is 12.1 Å². The van der Waals surface area contributed by atoms with Crippen molar-refractivity contribution in [3.8, 4) is 0 Å². The molecule has 0 aliphatic heterocycles. The molecule has 1 aromatic rings. The van der Waals surface area contributed by atoms with Crippen molar-refractivity contribution in [3.63, 3.8) is 0 Å². The van der Waals surface area contributed by atoms with Gasteiger partial charge in [0.05, 0.1) is 12.1 Å². The summed E-state index contributed by atoms with van der Waals surface area (Å²) < 4.78 is 9.42. The lowest BCUT2D eigenvalue weighted by atomic mass is 10.2. The Labute approximate surface area is 97.0 Å². The summed E-state index contributed by atoms with van der Waals surface area (Å²) in [7, 11) is 0. The molecule has 0 aliphatic rings. The second-order valence-electron chi connectivity index (χ2n) is 3.09. The lowest BCUT2D eigenvalue weighted by Crippen LogP contribution is -2.12. The first-order valence-electron chi connectivity index (χ1n) is 4.84. The minimum atomic E-state index is -0.923. The molecule has 1 aromatic heterocycles. The Morgan fingerprint density at radius 1 is 1.65 bits per heavy atom. The van der Waals surface area contributed by atoms with Crippen LogP contribution in [0.2, 0.25) is 0 Å². The molecule has 0 unspecified atom stereocenters. The molecular formula is C10H12N2O5. The van der Waals surface area contributed by atoms with E-state index in [1.165, 1.54) is 12.1 Å². The van der Waals surface area contributed by atoms with Gasteiger partial charge in [0.1, 0.15) is 6.61 Å². The number of aryl methyl sites for hydroxylation is 1. The normalized spacial score (nSPS) is 9.65. The fraction of sp³-hybridized carbons (Fsp3) is 0.300. The van der Waals surface area contributed by atoms with Gasteiger partial charge in [-0.15, -0.1) is 0 Å². The van der Waals surface area contributed by atoms with Gasteiger partial charge in [-0.3, -0.25) is 10.1 Å². The van der Waals surface area contributed by atoms with Crippen LogP contribution in [0.25, 0.3) is 0 Å². The first-order valence-corrected chi connectivity index (χ1v) is 4.84. The van der Waals surface area contributed by atoms with E-state index in [0.29, 0.717) is 5.69 Å². The molecule has 7 heteroatoms. The Bertz CT molecular complexity index is 413. The van der Waals surface area contributed by atoms with Gasteiger partial charge in [-0.2, -0.15) is 0 Å². The average molecular weight is 240 g/mol. The third kappa shape index (κ3) is 4.83. The quantitative estimate of drug-likeness (QED) is 0.729. The second kappa shape index (κ2) is 6.31. The van der Waals surface area contributed by atoms with E-state index in [2.05, 4.69) is 21.8 Å². The largest absolute Gasteiger partial charge is 0.481 e. The third-order valence-electron chi connectivity index (χ3n) is 1.71. The zero-order chi connectivity index (χ0) is 12.7. The number of hydrogen-bond acceptors (Lipinski definition) is 5. The van der Waals surface area contributed by atoms with Crippen molar-refractivity contribution in [2.75, 3.05) is 11.9 Å². The monoisotopic (exact) mass is 240 g/mol. The molecule has 0 saturated carbocycles. The molecule has 0 aromatic carbocycles. The van der Waals surface area contributed by atoms with Crippen LogP contribution in [0.4, 0.5) is 10.7 Å². The summed E-state index contributed by atoms with van der Waals surface area (Å²) in [6.45, 7) is 3.48. The Kier molecular flexibility index (Phi) is 4.74. The molecule has 0 saturated heterocycles. The van der Waals surface area contributed by atoms with E-state index in [-0.39, 0.29) is 25.3 Å². The lowest BCUT2D eigenvalue weighted by Gasteiger charge is -1.99. The Morgan fingerprint density at radius 3 is 3.06 bits per heavy atom. The molecule has 2 N–H and O–H groups in total. The number of aliphatic carboxylic acids is 1. The van der Waals surface area contributed by atoms with Crippen molar-refractivity contribution in [1.82, 2.24) is 5.16 Å². The van der Waals surface area contributed by atoms with Crippen molar-refractivity contribution in [2.24, 2.45) is 0 Å². The van der Waals surface area contributed by atoms with Crippen LogP contribution in [0.3, 0.4) is 0 Å². The highest BCUT2D eigenvalue weighted by Gasteiger charge is 2.09. The molecule has 1 rings (SSSR count). The number of nitrogens with one attached hydrogen (secondary N) is 1. The van der Waals surface area contributed by atoms with Gasteiger partial charge in [0.25, 0.3) is 0 Å². The van der Waals surface area contributed by atoms with Gasteiger partial charge in [-0.05, 0) is 0 Å². The minimum Gasteiger partial charge on any atom is -0.481 e. The number of ether oxygens (including phenoxy) is 1. The Balaban J connectivity index is 2.42. The van der Waals surface area contributed by atoms with Gasteiger partial charge >= 0.3 is 12.1 Å². The summed E-state index contributed by atoms with van der Waals surface area (Å²) in [6.07, 6.45) is 0.929. The summed E-state index contributed by atoms with van der Waals surface area (Å²) >= 11 is 0. The molecule has 0 radical (unpaired) electrons. The number of anilines is 1. The van der Waals surface area contributed by atoms with Crippen molar-refractivity contribution in [1.29, 1.82) is 0 Å². The maximum Gasteiger partial charge on any atom is 0.414 e. The minimum absolute atomic E-state index is 0.0487. The summed E-state index contributed by atoms with van der Waals surface area (Å²) in [6, 6.07) is 1.44. The molecule has 17 heavy (non-hydrogen) atoms. The second-order valence-corrected chi connectivity index (χ2v) is 3.09. The molecule has 7 nitrogen and oxygen atoms in total. The molecule has 0 fully saturated rings. The summed E-state index contributed by atoms with van der Waals surface area (Å²) in [5.74, 6) is -0.813. The molecule has 92 valence electrons. The summed E-state index contributed by atoms with van der Waals surface area (Å²) in [5, 5.41) is 14.4. The predicted octanol–water partition coefficient (Wildman–Crippen LogP) is 1.43. The van der Waals surface area contributed by atoms with E-state index in [9.17, 15) is 9.59 Å². The van der Waals surface area contributed by atoms with Crippen LogP contribution in [-0.2, 0) is 16.0 Å². The van der Waals surface area contributed by atoms with Crippen LogP contribution in [0.15, 0.2) is 23.2 Å².